The van der Waals surface area contributed by atoms with E-state index in [1.165, 1.54) is 12.1 Å². The first-order chi connectivity index (χ1) is 9.58. The Balaban J connectivity index is 2.24. The molecule has 20 heavy (non-hydrogen) atoms. The molecule has 3 aromatic rings. The molecule has 7 nitrogen and oxygen atoms in total. The molecular weight excluding hydrogens is 260 g/mol. The number of hydrogen-bond donors (Lipinski definition) is 3. The van der Waals surface area contributed by atoms with Gasteiger partial charge >= 0.3 is 0 Å². The first-order valence-electron chi connectivity index (χ1n) is 5.78. The van der Waals surface area contributed by atoms with Crippen molar-refractivity contribution in [1.82, 2.24) is 10.2 Å². The molecule has 0 saturated heterocycles. The number of nitrogens with zero attached hydrogens (tertiary/aromatic N) is 2. The summed E-state index contributed by atoms with van der Waals surface area (Å²) >= 11 is 0. The van der Waals surface area contributed by atoms with E-state index in [0.29, 0.717) is 22.3 Å². The van der Waals surface area contributed by atoms with Gasteiger partial charge in [0.15, 0.2) is 0 Å². The van der Waals surface area contributed by atoms with Crippen molar-refractivity contribution in [1.29, 1.82) is 0 Å². The van der Waals surface area contributed by atoms with E-state index in [9.17, 15) is 15.2 Å². The zero-order valence-corrected chi connectivity index (χ0v) is 10.2. The number of rotatable bonds is 2. The average Bonchev–Trinajstić information content (AvgIpc) is 2.83. The number of hydrogen-bond acceptors (Lipinski definition) is 5. The predicted molar refractivity (Wildman–Crippen MR) is 74.3 cm³/mol. The molecule has 0 saturated carbocycles. The molecule has 0 aliphatic rings. The standard InChI is InChI=1S/C13H10N4O3/c14-9-2-1-3-10-12(9)13(16-15-10)8-5-4-7(17(19)20)6-11(8)18/h1-6,18H,14H2,(H,15,16). The van der Waals surface area contributed by atoms with Gasteiger partial charge in [0.1, 0.15) is 11.4 Å². The number of aromatic nitrogens is 2. The van der Waals surface area contributed by atoms with Gasteiger partial charge in [-0.25, -0.2) is 0 Å². The Bertz CT molecular complexity index is 826. The van der Waals surface area contributed by atoms with Gasteiger partial charge in [0.25, 0.3) is 5.69 Å². The Hall–Kier alpha value is -3.09. The number of phenols is 1. The van der Waals surface area contributed by atoms with Gasteiger partial charge in [0, 0.05) is 17.3 Å². The topological polar surface area (TPSA) is 118 Å². The fourth-order valence-electron chi connectivity index (χ4n) is 2.13. The summed E-state index contributed by atoms with van der Waals surface area (Å²) in [5, 5.41) is 28.3. The van der Waals surface area contributed by atoms with Crippen LogP contribution < -0.4 is 5.73 Å². The number of nitrogen functional groups attached to an aromatic ring is 1. The van der Waals surface area contributed by atoms with Gasteiger partial charge in [0.05, 0.1) is 21.9 Å². The number of nitrogens with one attached hydrogen (secondary N) is 1. The van der Waals surface area contributed by atoms with Gasteiger partial charge in [0.2, 0.25) is 0 Å². The molecule has 0 aliphatic heterocycles. The van der Waals surface area contributed by atoms with E-state index in [2.05, 4.69) is 10.2 Å². The minimum absolute atomic E-state index is 0.181. The fourth-order valence-corrected chi connectivity index (χ4v) is 2.13. The van der Waals surface area contributed by atoms with Crippen LogP contribution >= 0.6 is 0 Å². The number of nitrogens with two attached hydrogens (primary N) is 1. The number of nitro groups is 1. The van der Waals surface area contributed by atoms with Gasteiger partial charge in [-0.3, -0.25) is 15.2 Å². The average molecular weight is 270 g/mol. The third kappa shape index (κ3) is 1.72. The monoisotopic (exact) mass is 270 g/mol. The second-order valence-electron chi connectivity index (χ2n) is 4.30. The number of anilines is 1. The first-order valence-corrected chi connectivity index (χ1v) is 5.78. The van der Waals surface area contributed by atoms with Crippen LogP contribution in [0.2, 0.25) is 0 Å². The maximum Gasteiger partial charge on any atom is 0.273 e. The van der Waals surface area contributed by atoms with Crippen LogP contribution in [0.5, 0.6) is 5.75 Å². The van der Waals surface area contributed by atoms with E-state index in [-0.39, 0.29) is 11.4 Å². The summed E-state index contributed by atoms with van der Waals surface area (Å²) in [4.78, 5) is 10.1. The Labute approximate surface area is 112 Å². The van der Waals surface area contributed by atoms with Crippen LogP contribution in [0.3, 0.4) is 0 Å². The maximum atomic E-state index is 10.7. The van der Waals surface area contributed by atoms with Crippen molar-refractivity contribution >= 4 is 22.3 Å². The van der Waals surface area contributed by atoms with Crippen molar-refractivity contribution in [3.63, 3.8) is 0 Å². The number of non-ortho nitro benzene ring substituents is 1. The van der Waals surface area contributed by atoms with E-state index in [0.717, 1.165) is 11.6 Å². The summed E-state index contributed by atoms with van der Waals surface area (Å²) < 4.78 is 0. The van der Waals surface area contributed by atoms with Crippen LogP contribution in [0, 0.1) is 10.1 Å². The summed E-state index contributed by atoms with van der Waals surface area (Å²) in [6.45, 7) is 0. The lowest BCUT2D eigenvalue weighted by Crippen LogP contribution is -1.90. The van der Waals surface area contributed by atoms with E-state index in [4.69, 9.17) is 5.73 Å². The van der Waals surface area contributed by atoms with Gasteiger partial charge in [-0.05, 0) is 18.2 Å². The molecule has 4 N–H and O–H groups in total. The summed E-state index contributed by atoms with van der Waals surface area (Å²) in [5.41, 5.74) is 7.84. The minimum Gasteiger partial charge on any atom is -0.507 e. The first kappa shape index (κ1) is 12.0. The molecule has 0 bridgehead atoms. The summed E-state index contributed by atoms with van der Waals surface area (Å²) in [5.74, 6) is -0.212. The molecule has 7 heteroatoms. The normalized spacial score (nSPS) is 10.8. The van der Waals surface area contributed by atoms with E-state index >= 15 is 0 Å². The third-order valence-electron chi connectivity index (χ3n) is 3.07. The number of nitro benzene ring substituents is 1. The zero-order chi connectivity index (χ0) is 14.3. The molecule has 100 valence electrons. The van der Waals surface area contributed by atoms with Crippen LogP contribution in [0.25, 0.3) is 22.2 Å². The van der Waals surface area contributed by atoms with E-state index in [1.807, 2.05) is 6.07 Å². The number of fused-ring (bicyclic) bond motifs is 1. The zero-order valence-electron chi connectivity index (χ0n) is 10.2. The fraction of sp³-hybridized carbons (Fsp3) is 0. The molecule has 0 fully saturated rings. The lowest BCUT2D eigenvalue weighted by atomic mass is 10.1. The lowest BCUT2D eigenvalue weighted by molar-refractivity contribution is -0.384. The number of aromatic amines is 1. The molecule has 0 spiro atoms. The summed E-state index contributed by atoms with van der Waals surface area (Å²) in [7, 11) is 0. The molecule has 3 rings (SSSR count). The molecular formula is C13H10N4O3. The van der Waals surface area contributed by atoms with Crippen molar-refractivity contribution in [2.45, 2.75) is 0 Å². The number of H-pyrrole nitrogens is 1. The highest BCUT2D eigenvalue weighted by Gasteiger charge is 2.16. The van der Waals surface area contributed by atoms with Crippen LogP contribution in [0.15, 0.2) is 36.4 Å². The van der Waals surface area contributed by atoms with Crippen molar-refractivity contribution in [3.8, 4) is 17.0 Å². The van der Waals surface area contributed by atoms with Crippen LogP contribution in [0.4, 0.5) is 11.4 Å². The third-order valence-corrected chi connectivity index (χ3v) is 3.07. The molecule has 2 aromatic carbocycles. The number of phenolic OH excluding ortho intramolecular Hbond substituents is 1. The number of benzene rings is 2. The quantitative estimate of drug-likeness (QED) is 0.375. The smallest absolute Gasteiger partial charge is 0.273 e. The van der Waals surface area contributed by atoms with Gasteiger partial charge in [-0.15, -0.1) is 0 Å². The van der Waals surface area contributed by atoms with Crippen LogP contribution in [-0.4, -0.2) is 20.2 Å². The Morgan fingerprint density at radius 1 is 1.30 bits per heavy atom. The van der Waals surface area contributed by atoms with Crippen molar-refractivity contribution in [2.75, 3.05) is 5.73 Å². The number of aromatic hydroxyl groups is 1. The van der Waals surface area contributed by atoms with Crippen molar-refractivity contribution in [3.05, 3.63) is 46.5 Å². The maximum absolute atomic E-state index is 10.7. The molecule has 0 unspecified atom stereocenters. The van der Waals surface area contributed by atoms with E-state index in [1.54, 1.807) is 12.1 Å². The van der Waals surface area contributed by atoms with Crippen LogP contribution in [-0.2, 0) is 0 Å². The predicted octanol–water partition coefficient (Wildman–Crippen LogP) is 2.43. The highest BCUT2D eigenvalue weighted by atomic mass is 16.6. The molecule has 1 heterocycles. The summed E-state index contributed by atoms with van der Waals surface area (Å²) in [6, 6.07) is 9.18. The van der Waals surface area contributed by atoms with E-state index < -0.39 is 4.92 Å². The van der Waals surface area contributed by atoms with Crippen LogP contribution in [0.1, 0.15) is 0 Å². The highest BCUT2D eigenvalue weighted by Crippen LogP contribution is 2.36. The molecule has 0 aliphatic carbocycles. The van der Waals surface area contributed by atoms with Crippen molar-refractivity contribution in [2.24, 2.45) is 0 Å². The molecule has 1 aromatic heterocycles. The van der Waals surface area contributed by atoms with Gasteiger partial charge in [-0.1, -0.05) is 6.07 Å². The highest BCUT2D eigenvalue weighted by molar-refractivity contribution is 6.02. The Kier molecular flexibility index (Phi) is 2.53. The molecule has 0 amide bonds. The Morgan fingerprint density at radius 3 is 2.80 bits per heavy atom. The lowest BCUT2D eigenvalue weighted by Gasteiger charge is -2.03. The van der Waals surface area contributed by atoms with Crippen molar-refractivity contribution < 1.29 is 10.0 Å². The minimum atomic E-state index is -0.569. The second kappa shape index (κ2) is 4.23. The summed E-state index contributed by atoms with van der Waals surface area (Å²) in [6.07, 6.45) is 0. The largest absolute Gasteiger partial charge is 0.507 e. The van der Waals surface area contributed by atoms with Gasteiger partial charge in [-0.2, -0.15) is 5.10 Å². The molecule has 0 atom stereocenters. The Morgan fingerprint density at radius 2 is 2.10 bits per heavy atom. The second-order valence-corrected chi connectivity index (χ2v) is 4.30. The SMILES string of the molecule is Nc1cccc2[nH]nc(-c3ccc([N+](=O)[O-])cc3O)c12. The van der Waals surface area contributed by atoms with Gasteiger partial charge < -0.3 is 10.8 Å². The molecule has 0 radical (unpaired) electrons.